The third kappa shape index (κ3) is 4.61. The monoisotopic (exact) mass is 300 g/mol. The minimum Gasteiger partial charge on any atom is -0.409 e. The molecule has 7 nitrogen and oxygen atoms in total. The number of oxime groups is 1. The van der Waals surface area contributed by atoms with Gasteiger partial charge in [0.1, 0.15) is 5.41 Å². The van der Waals surface area contributed by atoms with E-state index in [4.69, 9.17) is 10.9 Å². The summed E-state index contributed by atoms with van der Waals surface area (Å²) in [6, 6.07) is 0.0116. The van der Waals surface area contributed by atoms with Gasteiger partial charge < -0.3 is 21.2 Å². The molecule has 0 saturated heterocycles. The first-order chi connectivity index (χ1) is 9.78. The lowest BCUT2D eigenvalue weighted by molar-refractivity contribution is -0.142. The molecule has 0 spiro atoms. The van der Waals surface area contributed by atoms with E-state index >= 15 is 0 Å². The maximum Gasteiger partial charge on any atom is 0.239 e. The Kier molecular flexibility index (Phi) is 7.76. The third-order valence-electron chi connectivity index (χ3n) is 3.67. The van der Waals surface area contributed by atoms with E-state index in [9.17, 15) is 9.59 Å². The summed E-state index contributed by atoms with van der Waals surface area (Å²) in [7, 11) is 0. The number of hydrogen-bond acceptors (Lipinski definition) is 4. The molecule has 0 atom stereocenters. The van der Waals surface area contributed by atoms with Crippen LogP contribution in [-0.4, -0.2) is 46.9 Å². The summed E-state index contributed by atoms with van der Waals surface area (Å²) in [6.07, 6.45) is 0.807. The second kappa shape index (κ2) is 8.49. The smallest absolute Gasteiger partial charge is 0.239 e. The van der Waals surface area contributed by atoms with Gasteiger partial charge in [0.05, 0.1) is 6.54 Å². The van der Waals surface area contributed by atoms with E-state index in [0.717, 1.165) is 0 Å². The van der Waals surface area contributed by atoms with Gasteiger partial charge >= 0.3 is 0 Å². The second-order valence-corrected chi connectivity index (χ2v) is 5.32. The van der Waals surface area contributed by atoms with E-state index in [1.165, 1.54) is 4.90 Å². The molecule has 0 aromatic heterocycles. The van der Waals surface area contributed by atoms with Crippen molar-refractivity contribution < 1.29 is 14.8 Å². The van der Waals surface area contributed by atoms with Gasteiger partial charge in [0, 0.05) is 12.6 Å². The molecule has 0 unspecified atom stereocenters. The lowest BCUT2D eigenvalue weighted by atomic mass is 9.79. The summed E-state index contributed by atoms with van der Waals surface area (Å²) in [5, 5.41) is 14.7. The lowest BCUT2D eigenvalue weighted by Crippen LogP contribution is -2.53. The standard InChI is InChI=1S/C14H28N4O3/c1-6-14(7-2,12(15)17-21)13(20)18(8-3)9-11(19)16-10(4)5/h10,21H,6-9H2,1-5H3,(H2,15,17)(H,16,19). The molecule has 0 radical (unpaired) electrons. The molecule has 0 heterocycles. The van der Waals surface area contributed by atoms with E-state index in [1.54, 1.807) is 6.92 Å². The van der Waals surface area contributed by atoms with Crippen molar-refractivity contribution >= 4 is 17.6 Å². The molecule has 0 aromatic carbocycles. The summed E-state index contributed by atoms with van der Waals surface area (Å²) >= 11 is 0. The minimum absolute atomic E-state index is 0.0116. The number of carbonyl (C=O) groups excluding carboxylic acids is 2. The van der Waals surface area contributed by atoms with Crippen molar-refractivity contribution in [2.75, 3.05) is 13.1 Å². The number of carbonyl (C=O) groups is 2. The largest absolute Gasteiger partial charge is 0.409 e. The molecule has 0 aliphatic rings. The number of amidine groups is 1. The fourth-order valence-electron chi connectivity index (χ4n) is 2.29. The molecule has 0 saturated carbocycles. The Morgan fingerprint density at radius 1 is 1.29 bits per heavy atom. The van der Waals surface area contributed by atoms with Gasteiger partial charge in [-0.05, 0) is 33.6 Å². The van der Waals surface area contributed by atoms with Crippen LogP contribution in [0.15, 0.2) is 5.16 Å². The van der Waals surface area contributed by atoms with Gasteiger partial charge in [-0.2, -0.15) is 0 Å². The fraction of sp³-hybridized carbons (Fsp3) is 0.786. The molecule has 0 aromatic rings. The van der Waals surface area contributed by atoms with Crippen LogP contribution in [0.2, 0.25) is 0 Å². The molecule has 21 heavy (non-hydrogen) atoms. The Hall–Kier alpha value is -1.79. The van der Waals surface area contributed by atoms with Crippen LogP contribution in [0, 0.1) is 5.41 Å². The van der Waals surface area contributed by atoms with E-state index in [1.807, 2.05) is 27.7 Å². The highest BCUT2D eigenvalue weighted by Crippen LogP contribution is 2.29. The number of likely N-dealkylation sites (N-methyl/N-ethyl adjacent to an activating group) is 1. The zero-order valence-corrected chi connectivity index (χ0v) is 13.6. The van der Waals surface area contributed by atoms with Crippen LogP contribution >= 0.6 is 0 Å². The van der Waals surface area contributed by atoms with Crippen molar-refractivity contribution in [2.45, 2.75) is 53.5 Å². The second-order valence-electron chi connectivity index (χ2n) is 5.32. The first-order valence-electron chi connectivity index (χ1n) is 7.35. The van der Waals surface area contributed by atoms with Gasteiger partial charge in [0.15, 0.2) is 5.84 Å². The summed E-state index contributed by atoms with van der Waals surface area (Å²) in [5.41, 5.74) is 4.66. The normalized spacial score (nSPS) is 12.4. The first-order valence-corrected chi connectivity index (χ1v) is 7.35. The zero-order valence-electron chi connectivity index (χ0n) is 13.6. The summed E-state index contributed by atoms with van der Waals surface area (Å²) in [4.78, 5) is 26.0. The molecule has 7 heteroatoms. The quantitative estimate of drug-likeness (QED) is 0.268. The maximum atomic E-state index is 12.8. The van der Waals surface area contributed by atoms with E-state index in [2.05, 4.69) is 10.5 Å². The Bertz CT molecular complexity index is 390. The third-order valence-corrected chi connectivity index (χ3v) is 3.67. The number of nitrogens with two attached hydrogens (primary N) is 1. The Balaban J connectivity index is 5.25. The first kappa shape index (κ1) is 19.2. The maximum absolute atomic E-state index is 12.8. The molecule has 122 valence electrons. The van der Waals surface area contributed by atoms with Gasteiger partial charge in [-0.3, -0.25) is 9.59 Å². The van der Waals surface area contributed by atoms with Gasteiger partial charge in [-0.1, -0.05) is 19.0 Å². The Morgan fingerprint density at radius 3 is 2.14 bits per heavy atom. The summed E-state index contributed by atoms with van der Waals surface area (Å²) < 4.78 is 0. The van der Waals surface area contributed by atoms with Gasteiger partial charge in [0.2, 0.25) is 11.8 Å². The Labute approximate surface area is 126 Å². The Morgan fingerprint density at radius 2 is 1.81 bits per heavy atom. The zero-order chi connectivity index (χ0) is 16.6. The average molecular weight is 300 g/mol. The van der Waals surface area contributed by atoms with Crippen LogP contribution in [0.1, 0.15) is 47.5 Å². The van der Waals surface area contributed by atoms with Crippen LogP contribution in [0.5, 0.6) is 0 Å². The van der Waals surface area contributed by atoms with Gasteiger partial charge in [0.25, 0.3) is 0 Å². The van der Waals surface area contributed by atoms with Crippen molar-refractivity contribution in [1.29, 1.82) is 0 Å². The van der Waals surface area contributed by atoms with Gasteiger partial charge in [-0.25, -0.2) is 0 Å². The van der Waals surface area contributed by atoms with Crippen molar-refractivity contribution in [2.24, 2.45) is 16.3 Å². The lowest BCUT2D eigenvalue weighted by Gasteiger charge is -2.34. The van der Waals surface area contributed by atoms with Crippen LogP contribution in [0.25, 0.3) is 0 Å². The number of rotatable bonds is 8. The highest BCUT2D eigenvalue weighted by atomic mass is 16.4. The predicted octanol–water partition coefficient (Wildman–Crippen LogP) is 0.912. The predicted molar refractivity (Wildman–Crippen MR) is 82.0 cm³/mol. The van der Waals surface area contributed by atoms with Gasteiger partial charge in [-0.15, -0.1) is 0 Å². The SMILES string of the molecule is CCN(CC(=O)NC(C)C)C(=O)C(CC)(CC)C(N)=NO. The van der Waals surface area contributed by atoms with Crippen LogP contribution in [0.3, 0.4) is 0 Å². The average Bonchev–Trinajstić information content (AvgIpc) is 2.45. The molecular formula is C14H28N4O3. The molecule has 0 rings (SSSR count). The number of nitrogens with one attached hydrogen (secondary N) is 1. The molecule has 0 fully saturated rings. The number of nitrogens with zero attached hydrogens (tertiary/aromatic N) is 2. The van der Waals surface area contributed by atoms with Crippen LogP contribution < -0.4 is 11.1 Å². The van der Waals surface area contributed by atoms with Crippen LogP contribution in [0.4, 0.5) is 0 Å². The van der Waals surface area contributed by atoms with Crippen molar-refractivity contribution in [3.05, 3.63) is 0 Å². The minimum atomic E-state index is -1.07. The number of hydrogen-bond donors (Lipinski definition) is 3. The molecule has 4 N–H and O–H groups in total. The molecule has 2 amide bonds. The van der Waals surface area contributed by atoms with Crippen molar-refractivity contribution in [3.8, 4) is 0 Å². The molecule has 0 aliphatic carbocycles. The summed E-state index contributed by atoms with van der Waals surface area (Å²) in [5.74, 6) is -0.620. The highest BCUT2D eigenvalue weighted by Gasteiger charge is 2.42. The van der Waals surface area contributed by atoms with Crippen LogP contribution in [-0.2, 0) is 9.59 Å². The highest BCUT2D eigenvalue weighted by molar-refractivity contribution is 6.07. The molecular weight excluding hydrogens is 272 g/mol. The van der Waals surface area contributed by atoms with Crippen molar-refractivity contribution in [3.63, 3.8) is 0 Å². The topological polar surface area (TPSA) is 108 Å². The van der Waals surface area contributed by atoms with E-state index in [0.29, 0.717) is 19.4 Å². The molecule has 0 bridgehead atoms. The number of amides is 2. The van der Waals surface area contributed by atoms with E-state index in [-0.39, 0.29) is 30.2 Å². The van der Waals surface area contributed by atoms with E-state index < -0.39 is 5.41 Å². The summed E-state index contributed by atoms with van der Waals surface area (Å²) in [6.45, 7) is 9.47. The molecule has 0 aliphatic heterocycles. The fourth-order valence-corrected chi connectivity index (χ4v) is 2.29. The van der Waals surface area contributed by atoms with Crippen molar-refractivity contribution in [1.82, 2.24) is 10.2 Å².